The van der Waals surface area contributed by atoms with Crippen molar-refractivity contribution in [3.05, 3.63) is 34.9 Å². The Bertz CT molecular complexity index is 482. The van der Waals surface area contributed by atoms with Crippen molar-refractivity contribution in [1.82, 2.24) is 5.32 Å². The third-order valence-corrected chi connectivity index (χ3v) is 3.38. The fourth-order valence-electron chi connectivity index (χ4n) is 1.81. The van der Waals surface area contributed by atoms with Crippen LogP contribution >= 0.6 is 0 Å². The SMILES string of the molecule is Cc1ccc(C)c(CC(=O)NC(C)C(C)C(=O)O)c1. The maximum absolute atomic E-state index is 11.9. The Kier molecular flexibility index (Phi) is 5.10. The maximum Gasteiger partial charge on any atom is 0.308 e. The Labute approximate surface area is 113 Å². The molecule has 1 aromatic carbocycles. The standard InChI is InChI=1S/C15H21NO3/c1-9-5-6-10(2)13(7-9)8-14(17)16-12(4)11(3)15(18)19/h5-7,11-12H,8H2,1-4H3,(H,16,17)(H,18,19). The molecule has 4 heteroatoms. The minimum atomic E-state index is -0.903. The van der Waals surface area contributed by atoms with Gasteiger partial charge < -0.3 is 10.4 Å². The van der Waals surface area contributed by atoms with E-state index < -0.39 is 11.9 Å². The van der Waals surface area contributed by atoms with Crippen molar-refractivity contribution in [3.63, 3.8) is 0 Å². The van der Waals surface area contributed by atoms with Gasteiger partial charge in [0, 0.05) is 6.04 Å². The summed E-state index contributed by atoms with van der Waals surface area (Å²) in [6, 6.07) is 5.60. The number of nitrogens with one attached hydrogen (secondary N) is 1. The molecular weight excluding hydrogens is 242 g/mol. The van der Waals surface area contributed by atoms with Crippen molar-refractivity contribution in [3.8, 4) is 0 Å². The van der Waals surface area contributed by atoms with Crippen LogP contribution in [0, 0.1) is 19.8 Å². The molecule has 0 saturated carbocycles. The van der Waals surface area contributed by atoms with Gasteiger partial charge >= 0.3 is 5.97 Å². The molecule has 0 aliphatic carbocycles. The zero-order valence-electron chi connectivity index (χ0n) is 11.9. The first kappa shape index (κ1) is 15.2. The third-order valence-electron chi connectivity index (χ3n) is 3.38. The number of aryl methyl sites for hydroxylation is 2. The molecule has 0 aromatic heterocycles. The predicted octanol–water partition coefficient (Wildman–Crippen LogP) is 2.07. The second-order valence-corrected chi connectivity index (χ2v) is 5.09. The normalized spacial score (nSPS) is 13.7. The molecule has 0 aliphatic rings. The summed E-state index contributed by atoms with van der Waals surface area (Å²) in [5.74, 6) is -1.64. The highest BCUT2D eigenvalue weighted by atomic mass is 16.4. The van der Waals surface area contributed by atoms with Crippen molar-refractivity contribution < 1.29 is 14.7 Å². The van der Waals surface area contributed by atoms with Gasteiger partial charge in [-0.2, -0.15) is 0 Å². The van der Waals surface area contributed by atoms with Gasteiger partial charge in [0.1, 0.15) is 0 Å². The lowest BCUT2D eigenvalue weighted by atomic mass is 10.0. The highest BCUT2D eigenvalue weighted by molar-refractivity contribution is 5.80. The van der Waals surface area contributed by atoms with E-state index in [1.54, 1.807) is 13.8 Å². The number of amides is 1. The molecule has 2 atom stereocenters. The fraction of sp³-hybridized carbons (Fsp3) is 0.467. The molecule has 0 aliphatic heterocycles. The van der Waals surface area contributed by atoms with E-state index in [2.05, 4.69) is 5.32 Å². The van der Waals surface area contributed by atoms with Crippen LogP contribution in [0.25, 0.3) is 0 Å². The smallest absolute Gasteiger partial charge is 0.308 e. The van der Waals surface area contributed by atoms with Crippen molar-refractivity contribution in [1.29, 1.82) is 0 Å². The van der Waals surface area contributed by atoms with Crippen molar-refractivity contribution in [2.24, 2.45) is 5.92 Å². The average molecular weight is 263 g/mol. The Morgan fingerprint density at radius 2 is 1.89 bits per heavy atom. The minimum Gasteiger partial charge on any atom is -0.481 e. The van der Waals surface area contributed by atoms with Crippen LogP contribution in [0.1, 0.15) is 30.5 Å². The number of carboxylic acids is 1. The zero-order valence-corrected chi connectivity index (χ0v) is 11.9. The van der Waals surface area contributed by atoms with Crippen LogP contribution in [-0.2, 0) is 16.0 Å². The van der Waals surface area contributed by atoms with Gasteiger partial charge in [0.15, 0.2) is 0 Å². The minimum absolute atomic E-state index is 0.144. The van der Waals surface area contributed by atoms with Crippen LogP contribution in [0.4, 0.5) is 0 Å². The van der Waals surface area contributed by atoms with E-state index in [-0.39, 0.29) is 18.4 Å². The molecule has 0 bridgehead atoms. The van der Waals surface area contributed by atoms with E-state index in [1.165, 1.54) is 0 Å². The van der Waals surface area contributed by atoms with E-state index in [4.69, 9.17) is 5.11 Å². The second kappa shape index (κ2) is 6.36. The van der Waals surface area contributed by atoms with Crippen LogP contribution in [0.2, 0.25) is 0 Å². The van der Waals surface area contributed by atoms with Gasteiger partial charge in [0.05, 0.1) is 12.3 Å². The summed E-state index contributed by atoms with van der Waals surface area (Å²) in [5, 5.41) is 11.6. The van der Waals surface area contributed by atoms with Gasteiger partial charge in [0.2, 0.25) is 5.91 Å². The zero-order chi connectivity index (χ0) is 14.6. The lowest BCUT2D eigenvalue weighted by Gasteiger charge is -2.18. The molecular formula is C15H21NO3. The van der Waals surface area contributed by atoms with Gasteiger partial charge in [-0.1, -0.05) is 23.8 Å². The summed E-state index contributed by atoms with van der Waals surface area (Å²) >= 11 is 0. The van der Waals surface area contributed by atoms with Crippen molar-refractivity contribution >= 4 is 11.9 Å². The van der Waals surface area contributed by atoms with Gasteiger partial charge in [-0.25, -0.2) is 0 Å². The number of rotatable bonds is 5. The predicted molar refractivity (Wildman–Crippen MR) is 74.0 cm³/mol. The monoisotopic (exact) mass is 263 g/mol. The van der Waals surface area contributed by atoms with Crippen LogP contribution in [0.3, 0.4) is 0 Å². The molecule has 19 heavy (non-hydrogen) atoms. The number of carbonyl (C=O) groups is 2. The number of carbonyl (C=O) groups excluding carboxylic acids is 1. The first-order valence-corrected chi connectivity index (χ1v) is 6.39. The molecule has 0 fully saturated rings. The molecule has 4 nitrogen and oxygen atoms in total. The van der Waals surface area contributed by atoms with Crippen molar-refractivity contribution in [2.45, 2.75) is 40.2 Å². The summed E-state index contributed by atoms with van der Waals surface area (Å²) < 4.78 is 0. The first-order chi connectivity index (χ1) is 8.81. The van der Waals surface area contributed by atoms with E-state index >= 15 is 0 Å². The fourth-order valence-corrected chi connectivity index (χ4v) is 1.81. The molecule has 2 N–H and O–H groups in total. The Balaban J connectivity index is 2.65. The van der Waals surface area contributed by atoms with Gasteiger partial charge in [-0.05, 0) is 38.8 Å². The second-order valence-electron chi connectivity index (χ2n) is 5.09. The summed E-state index contributed by atoms with van der Waals surface area (Å²) in [7, 11) is 0. The highest BCUT2D eigenvalue weighted by Gasteiger charge is 2.21. The van der Waals surface area contributed by atoms with Crippen LogP contribution in [0.15, 0.2) is 18.2 Å². The molecule has 1 amide bonds. The molecule has 0 radical (unpaired) electrons. The van der Waals surface area contributed by atoms with Crippen LogP contribution in [-0.4, -0.2) is 23.0 Å². The third kappa shape index (κ3) is 4.39. The lowest BCUT2D eigenvalue weighted by Crippen LogP contribution is -2.40. The Hall–Kier alpha value is -1.84. The topological polar surface area (TPSA) is 66.4 Å². The first-order valence-electron chi connectivity index (χ1n) is 6.39. The largest absolute Gasteiger partial charge is 0.481 e. The number of benzene rings is 1. The number of hydrogen-bond donors (Lipinski definition) is 2. The summed E-state index contributed by atoms with van der Waals surface area (Å²) in [6.07, 6.45) is 0.282. The van der Waals surface area contributed by atoms with Crippen molar-refractivity contribution in [2.75, 3.05) is 0 Å². The van der Waals surface area contributed by atoms with E-state index in [0.29, 0.717) is 0 Å². The highest BCUT2D eigenvalue weighted by Crippen LogP contribution is 2.12. The summed E-state index contributed by atoms with van der Waals surface area (Å²) in [6.45, 7) is 7.24. The molecule has 1 rings (SSSR count). The van der Waals surface area contributed by atoms with E-state index in [0.717, 1.165) is 16.7 Å². The summed E-state index contributed by atoms with van der Waals surface area (Å²) in [4.78, 5) is 22.7. The van der Waals surface area contributed by atoms with Crippen LogP contribution in [0.5, 0.6) is 0 Å². The van der Waals surface area contributed by atoms with Crippen LogP contribution < -0.4 is 5.32 Å². The van der Waals surface area contributed by atoms with Gasteiger partial charge in [-0.15, -0.1) is 0 Å². The molecule has 2 unspecified atom stereocenters. The number of aliphatic carboxylic acids is 1. The molecule has 104 valence electrons. The molecule has 0 heterocycles. The maximum atomic E-state index is 11.9. The quantitative estimate of drug-likeness (QED) is 0.854. The number of hydrogen-bond acceptors (Lipinski definition) is 2. The number of carboxylic acid groups (broad SMARTS) is 1. The Morgan fingerprint density at radius 3 is 2.47 bits per heavy atom. The van der Waals surface area contributed by atoms with Gasteiger partial charge in [-0.3, -0.25) is 9.59 Å². The molecule has 0 spiro atoms. The van der Waals surface area contributed by atoms with Gasteiger partial charge in [0.25, 0.3) is 0 Å². The molecule has 0 saturated heterocycles. The van der Waals surface area contributed by atoms with E-state index in [1.807, 2.05) is 32.0 Å². The van der Waals surface area contributed by atoms with E-state index in [9.17, 15) is 9.59 Å². The average Bonchev–Trinajstić information content (AvgIpc) is 2.32. The lowest BCUT2D eigenvalue weighted by molar-refractivity contribution is -0.142. The summed E-state index contributed by atoms with van der Waals surface area (Å²) in [5.41, 5.74) is 3.16. The Morgan fingerprint density at radius 1 is 1.26 bits per heavy atom. The molecule has 1 aromatic rings.